The molecule has 0 aliphatic rings. The molecule has 0 aromatic carbocycles. The summed E-state index contributed by atoms with van der Waals surface area (Å²) in [5.41, 5.74) is 0. The van der Waals surface area contributed by atoms with Crippen molar-refractivity contribution in [2.75, 3.05) is 26.2 Å². The highest BCUT2D eigenvalue weighted by Gasteiger charge is 2.10. The van der Waals surface area contributed by atoms with Crippen LogP contribution in [0.1, 0.15) is 40.0 Å². The highest BCUT2D eigenvalue weighted by Crippen LogP contribution is 2.04. The van der Waals surface area contributed by atoms with Gasteiger partial charge in [0.15, 0.2) is 0 Å². The number of nitrogens with one attached hydrogen (secondary N) is 1. The zero-order valence-electron chi connectivity index (χ0n) is 10.6. The molecule has 1 atom stereocenters. The second kappa shape index (κ2) is 10.0. The molecule has 15 heavy (non-hydrogen) atoms. The van der Waals surface area contributed by atoms with Crippen molar-refractivity contribution in [2.24, 2.45) is 0 Å². The van der Waals surface area contributed by atoms with Crippen molar-refractivity contribution in [1.82, 2.24) is 10.2 Å². The SMILES string of the molecule is C#CCNCCN(CCCC)C(C)CC. The fourth-order valence-electron chi connectivity index (χ4n) is 1.56. The Balaban J connectivity index is 3.75. The lowest BCUT2D eigenvalue weighted by atomic mass is 10.2. The lowest BCUT2D eigenvalue weighted by molar-refractivity contribution is 0.202. The molecule has 1 N–H and O–H groups in total. The van der Waals surface area contributed by atoms with Crippen molar-refractivity contribution < 1.29 is 0 Å². The van der Waals surface area contributed by atoms with Crippen molar-refractivity contribution >= 4 is 0 Å². The number of hydrogen-bond acceptors (Lipinski definition) is 2. The Morgan fingerprint density at radius 1 is 1.33 bits per heavy atom. The van der Waals surface area contributed by atoms with Gasteiger partial charge in [-0.25, -0.2) is 0 Å². The Labute approximate surface area is 95.4 Å². The van der Waals surface area contributed by atoms with Crippen molar-refractivity contribution in [3.63, 3.8) is 0 Å². The van der Waals surface area contributed by atoms with Gasteiger partial charge in [0.25, 0.3) is 0 Å². The number of unbranched alkanes of at least 4 members (excludes halogenated alkanes) is 1. The third-order valence-corrected chi connectivity index (χ3v) is 2.82. The normalized spacial score (nSPS) is 12.7. The van der Waals surface area contributed by atoms with E-state index >= 15 is 0 Å². The molecule has 0 fully saturated rings. The first-order valence-electron chi connectivity index (χ1n) is 6.14. The van der Waals surface area contributed by atoms with Crippen molar-refractivity contribution in [1.29, 1.82) is 0 Å². The summed E-state index contributed by atoms with van der Waals surface area (Å²) in [7, 11) is 0. The van der Waals surface area contributed by atoms with E-state index in [1.807, 2.05) is 0 Å². The average molecular weight is 210 g/mol. The minimum absolute atomic E-state index is 0.683. The van der Waals surface area contributed by atoms with Gasteiger partial charge in [0.1, 0.15) is 0 Å². The molecule has 0 spiro atoms. The first kappa shape index (κ1) is 14.5. The maximum atomic E-state index is 5.19. The first-order valence-corrected chi connectivity index (χ1v) is 6.14. The summed E-state index contributed by atoms with van der Waals surface area (Å²) in [5, 5.41) is 3.24. The topological polar surface area (TPSA) is 15.3 Å². The summed E-state index contributed by atoms with van der Waals surface area (Å²) in [4.78, 5) is 2.55. The minimum atomic E-state index is 0.683. The average Bonchev–Trinajstić information content (AvgIpc) is 2.27. The van der Waals surface area contributed by atoms with E-state index in [1.165, 1.54) is 25.8 Å². The Hall–Kier alpha value is -0.520. The Morgan fingerprint density at radius 2 is 2.07 bits per heavy atom. The molecule has 1 unspecified atom stereocenters. The van der Waals surface area contributed by atoms with E-state index in [9.17, 15) is 0 Å². The molecule has 0 radical (unpaired) electrons. The molecule has 0 rings (SSSR count). The van der Waals surface area contributed by atoms with E-state index in [0.29, 0.717) is 12.6 Å². The van der Waals surface area contributed by atoms with Gasteiger partial charge in [0.2, 0.25) is 0 Å². The number of terminal acetylenes is 1. The third-order valence-electron chi connectivity index (χ3n) is 2.82. The Bertz CT molecular complexity index is 172. The number of hydrogen-bond donors (Lipinski definition) is 1. The molecule has 2 nitrogen and oxygen atoms in total. The van der Waals surface area contributed by atoms with Gasteiger partial charge in [-0.1, -0.05) is 26.2 Å². The standard InChI is InChI=1S/C13H26N2/c1-5-8-11-15(13(4)7-3)12-10-14-9-6-2/h2,13-14H,5,7-12H2,1,3-4H3. The van der Waals surface area contributed by atoms with Crippen LogP contribution in [0.5, 0.6) is 0 Å². The van der Waals surface area contributed by atoms with Crippen LogP contribution in [0.4, 0.5) is 0 Å². The fraction of sp³-hybridized carbons (Fsp3) is 0.846. The summed E-state index contributed by atoms with van der Waals surface area (Å²) < 4.78 is 0. The van der Waals surface area contributed by atoms with E-state index < -0.39 is 0 Å². The van der Waals surface area contributed by atoms with Gasteiger partial charge in [-0.15, -0.1) is 6.42 Å². The largest absolute Gasteiger partial charge is 0.305 e. The molecule has 0 bridgehead atoms. The first-order chi connectivity index (χ1) is 7.26. The summed E-state index contributed by atoms with van der Waals surface area (Å²) in [6, 6.07) is 0.684. The summed E-state index contributed by atoms with van der Waals surface area (Å²) in [6.07, 6.45) is 8.97. The van der Waals surface area contributed by atoms with Crippen LogP contribution in [0.3, 0.4) is 0 Å². The van der Waals surface area contributed by atoms with Gasteiger partial charge in [0, 0.05) is 19.1 Å². The lowest BCUT2D eigenvalue weighted by Gasteiger charge is -2.28. The van der Waals surface area contributed by atoms with E-state index in [4.69, 9.17) is 6.42 Å². The second-order valence-corrected chi connectivity index (χ2v) is 4.03. The zero-order valence-corrected chi connectivity index (χ0v) is 10.6. The van der Waals surface area contributed by atoms with E-state index in [1.54, 1.807) is 0 Å². The highest BCUT2D eigenvalue weighted by atomic mass is 15.2. The highest BCUT2D eigenvalue weighted by molar-refractivity contribution is 4.86. The van der Waals surface area contributed by atoms with Gasteiger partial charge in [-0.2, -0.15) is 0 Å². The van der Waals surface area contributed by atoms with Crippen molar-refractivity contribution in [2.45, 2.75) is 46.1 Å². The van der Waals surface area contributed by atoms with Crippen LogP contribution in [0, 0.1) is 12.3 Å². The third kappa shape index (κ3) is 7.41. The van der Waals surface area contributed by atoms with E-state index in [0.717, 1.165) is 13.1 Å². The monoisotopic (exact) mass is 210 g/mol. The van der Waals surface area contributed by atoms with Crippen molar-refractivity contribution in [3.8, 4) is 12.3 Å². The molecule has 0 saturated carbocycles. The minimum Gasteiger partial charge on any atom is -0.305 e. The van der Waals surface area contributed by atoms with Crippen molar-refractivity contribution in [3.05, 3.63) is 0 Å². The van der Waals surface area contributed by atoms with E-state index in [-0.39, 0.29) is 0 Å². The van der Waals surface area contributed by atoms with Crippen LogP contribution in [-0.2, 0) is 0 Å². The predicted molar refractivity (Wildman–Crippen MR) is 67.9 cm³/mol. The van der Waals surface area contributed by atoms with Crippen LogP contribution in [0.2, 0.25) is 0 Å². The number of nitrogens with zero attached hydrogens (tertiary/aromatic N) is 1. The van der Waals surface area contributed by atoms with E-state index in [2.05, 4.69) is 36.9 Å². The molecule has 0 amide bonds. The summed E-state index contributed by atoms with van der Waals surface area (Å²) in [5.74, 6) is 2.60. The van der Waals surface area contributed by atoms with Gasteiger partial charge in [-0.05, 0) is 26.3 Å². The van der Waals surface area contributed by atoms with Crippen LogP contribution in [0.25, 0.3) is 0 Å². The molecule has 0 aliphatic carbocycles. The van der Waals surface area contributed by atoms with Crippen LogP contribution in [0.15, 0.2) is 0 Å². The van der Waals surface area contributed by atoms with Gasteiger partial charge < -0.3 is 5.32 Å². The quantitative estimate of drug-likeness (QED) is 0.463. The molecular formula is C13H26N2. The predicted octanol–water partition coefficient (Wildman–Crippen LogP) is 2.11. The molecule has 0 heterocycles. The maximum absolute atomic E-state index is 5.19. The number of rotatable bonds is 9. The zero-order chi connectivity index (χ0) is 11.5. The maximum Gasteiger partial charge on any atom is 0.0574 e. The lowest BCUT2D eigenvalue weighted by Crippen LogP contribution is -2.38. The summed E-state index contributed by atoms with van der Waals surface area (Å²) in [6.45, 7) is 10.8. The molecule has 88 valence electrons. The second-order valence-electron chi connectivity index (χ2n) is 4.03. The van der Waals surface area contributed by atoms with Gasteiger partial charge >= 0.3 is 0 Å². The van der Waals surface area contributed by atoms with Gasteiger partial charge in [-0.3, -0.25) is 4.90 Å². The fourth-order valence-corrected chi connectivity index (χ4v) is 1.56. The molecule has 0 aromatic heterocycles. The van der Waals surface area contributed by atoms with Crippen LogP contribution < -0.4 is 5.32 Å². The molecule has 2 heteroatoms. The molecular weight excluding hydrogens is 184 g/mol. The van der Waals surface area contributed by atoms with Gasteiger partial charge in [0.05, 0.1) is 6.54 Å². The van der Waals surface area contributed by atoms with Crippen LogP contribution in [-0.4, -0.2) is 37.1 Å². The Morgan fingerprint density at radius 3 is 2.60 bits per heavy atom. The Kier molecular flexibility index (Phi) is 9.67. The molecule has 0 aromatic rings. The smallest absolute Gasteiger partial charge is 0.0574 e. The summed E-state index contributed by atoms with van der Waals surface area (Å²) >= 11 is 0. The molecule has 0 saturated heterocycles. The van der Waals surface area contributed by atoms with Crippen LogP contribution >= 0.6 is 0 Å². The molecule has 0 aliphatic heterocycles.